The number of unbranched alkanes of at least 4 members (excludes halogenated alkanes) is 1. The number of thiocarbonyl (C=S) groups is 1. The Labute approximate surface area is 241 Å². The largest absolute Gasteiger partial charge is 0.355 e. The first-order valence-electron chi connectivity index (χ1n) is 13.8. The molecule has 1 unspecified atom stereocenters. The van der Waals surface area contributed by atoms with Gasteiger partial charge in [0.05, 0.1) is 4.91 Å². The molecule has 39 heavy (non-hydrogen) atoms. The standard InChI is InChI=1S/C30H37N5O2S2/c1-5-7-13-34-27(33-16-14-32(15-17-33)20-23-11-9-8-10-12-23)24(22(4)25(19-31)28(34)36)18-26-29(37)35(21(3)6-2)30(38)39-26/h8-12,18,21H,5-7,13-17,20H2,1-4H3/b26-18+. The monoisotopic (exact) mass is 563 g/mol. The van der Waals surface area contributed by atoms with Crippen LogP contribution in [0.4, 0.5) is 5.82 Å². The number of nitrogens with zero attached hydrogens (tertiary/aromatic N) is 5. The Morgan fingerprint density at radius 2 is 1.82 bits per heavy atom. The molecule has 1 aromatic heterocycles. The fourth-order valence-corrected chi connectivity index (χ4v) is 6.59. The van der Waals surface area contributed by atoms with E-state index in [1.807, 2.05) is 32.9 Å². The minimum atomic E-state index is -0.255. The number of amides is 1. The smallest absolute Gasteiger partial charge is 0.270 e. The Morgan fingerprint density at radius 3 is 2.44 bits per heavy atom. The van der Waals surface area contributed by atoms with E-state index in [0.717, 1.165) is 63.4 Å². The third-order valence-electron chi connectivity index (χ3n) is 7.63. The molecule has 7 nitrogen and oxygen atoms in total. The highest BCUT2D eigenvalue weighted by atomic mass is 32.2. The maximum atomic E-state index is 13.6. The third kappa shape index (κ3) is 6.13. The van der Waals surface area contributed by atoms with Gasteiger partial charge in [0.25, 0.3) is 11.5 Å². The van der Waals surface area contributed by atoms with E-state index in [9.17, 15) is 14.9 Å². The van der Waals surface area contributed by atoms with Gasteiger partial charge in [-0.15, -0.1) is 0 Å². The number of pyridine rings is 1. The van der Waals surface area contributed by atoms with Crippen LogP contribution in [-0.2, 0) is 17.9 Å². The van der Waals surface area contributed by atoms with Gasteiger partial charge in [0.15, 0.2) is 0 Å². The Bertz CT molecular complexity index is 1350. The maximum Gasteiger partial charge on any atom is 0.270 e. The molecule has 0 N–H and O–H groups in total. The predicted molar refractivity (Wildman–Crippen MR) is 164 cm³/mol. The summed E-state index contributed by atoms with van der Waals surface area (Å²) in [5.41, 5.74) is 2.55. The van der Waals surface area contributed by atoms with Crippen LogP contribution in [0.25, 0.3) is 6.08 Å². The number of hydrogen-bond acceptors (Lipinski definition) is 7. The zero-order valence-corrected chi connectivity index (χ0v) is 24.9. The first-order valence-corrected chi connectivity index (χ1v) is 15.0. The number of rotatable bonds is 9. The summed E-state index contributed by atoms with van der Waals surface area (Å²) in [5, 5.41) is 9.95. The summed E-state index contributed by atoms with van der Waals surface area (Å²) in [6.07, 6.45) is 4.42. The lowest BCUT2D eigenvalue weighted by atomic mass is 10.0. The van der Waals surface area contributed by atoms with Crippen LogP contribution in [0.3, 0.4) is 0 Å². The summed E-state index contributed by atoms with van der Waals surface area (Å²) in [5.74, 6) is 0.695. The molecular formula is C30H37N5O2S2. The van der Waals surface area contributed by atoms with Gasteiger partial charge in [-0.25, -0.2) is 0 Å². The van der Waals surface area contributed by atoms with Gasteiger partial charge >= 0.3 is 0 Å². The van der Waals surface area contributed by atoms with Gasteiger partial charge in [0.2, 0.25) is 0 Å². The molecule has 1 amide bonds. The Morgan fingerprint density at radius 1 is 1.13 bits per heavy atom. The SMILES string of the molecule is CCCCn1c(N2CCN(Cc3ccccc3)CC2)c(/C=C2/SC(=S)N(C(C)CC)C2=O)c(C)c(C#N)c1=O. The summed E-state index contributed by atoms with van der Waals surface area (Å²) in [6.45, 7) is 12.6. The molecule has 0 saturated carbocycles. The second kappa shape index (κ2) is 12.9. The van der Waals surface area contributed by atoms with Crippen LogP contribution in [0.15, 0.2) is 40.0 Å². The van der Waals surface area contributed by atoms with Crippen molar-refractivity contribution in [2.24, 2.45) is 0 Å². The highest BCUT2D eigenvalue weighted by Crippen LogP contribution is 2.37. The molecule has 2 fully saturated rings. The molecule has 0 spiro atoms. The minimum absolute atomic E-state index is 0.00911. The lowest BCUT2D eigenvalue weighted by Gasteiger charge is -2.38. The van der Waals surface area contributed by atoms with Crippen LogP contribution < -0.4 is 10.5 Å². The molecule has 0 bridgehead atoms. The quantitative estimate of drug-likeness (QED) is 0.309. The molecule has 1 aromatic carbocycles. The van der Waals surface area contributed by atoms with Crippen molar-refractivity contribution in [3.05, 3.63) is 67.8 Å². The van der Waals surface area contributed by atoms with Crippen molar-refractivity contribution >= 4 is 46.1 Å². The van der Waals surface area contributed by atoms with Gasteiger partial charge in [-0.05, 0) is 43.9 Å². The average molecular weight is 564 g/mol. The fraction of sp³-hybridized carbons (Fsp3) is 0.467. The molecule has 0 aliphatic carbocycles. The van der Waals surface area contributed by atoms with E-state index in [1.54, 1.807) is 9.47 Å². The Kier molecular flexibility index (Phi) is 9.65. The normalized spacial score (nSPS) is 18.2. The van der Waals surface area contributed by atoms with Gasteiger partial charge < -0.3 is 4.90 Å². The summed E-state index contributed by atoms with van der Waals surface area (Å²) in [6, 6.07) is 12.6. The minimum Gasteiger partial charge on any atom is -0.355 e. The van der Waals surface area contributed by atoms with Gasteiger partial charge in [0, 0.05) is 50.9 Å². The topological polar surface area (TPSA) is 72.6 Å². The fourth-order valence-electron chi connectivity index (χ4n) is 5.14. The van der Waals surface area contributed by atoms with Crippen LogP contribution in [0.1, 0.15) is 62.3 Å². The molecule has 2 aliphatic rings. The molecule has 1 atom stereocenters. The third-order valence-corrected chi connectivity index (χ3v) is 8.96. The molecule has 0 radical (unpaired) electrons. The van der Waals surface area contributed by atoms with Crippen molar-refractivity contribution in [2.75, 3.05) is 31.1 Å². The highest BCUT2D eigenvalue weighted by molar-refractivity contribution is 8.26. The number of aromatic nitrogens is 1. The molecule has 206 valence electrons. The van der Waals surface area contributed by atoms with E-state index < -0.39 is 0 Å². The van der Waals surface area contributed by atoms with Gasteiger partial charge in [0.1, 0.15) is 21.8 Å². The first kappa shape index (κ1) is 29.1. The number of nitriles is 1. The summed E-state index contributed by atoms with van der Waals surface area (Å²) >= 11 is 6.87. The molecular weight excluding hydrogens is 526 g/mol. The van der Waals surface area contributed by atoms with E-state index in [0.29, 0.717) is 21.3 Å². The summed E-state index contributed by atoms with van der Waals surface area (Å²) < 4.78 is 2.32. The number of carbonyl (C=O) groups excluding carboxylic acids is 1. The lowest BCUT2D eigenvalue weighted by Crippen LogP contribution is -2.48. The number of benzene rings is 1. The van der Waals surface area contributed by atoms with Gasteiger partial charge in [-0.3, -0.25) is 24.0 Å². The number of anilines is 1. The first-order chi connectivity index (χ1) is 18.8. The van der Waals surface area contributed by atoms with E-state index in [2.05, 4.69) is 47.1 Å². The van der Waals surface area contributed by atoms with Gasteiger partial charge in [-0.2, -0.15) is 5.26 Å². The van der Waals surface area contributed by atoms with Crippen molar-refractivity contribution < 1.29 is 4.79 Å². The van der Waals surface area contributed by atoms with Crippen molar-refractivity contribution in [1.82, 2.24) is 14.4 Å². The summed E-state index contributed by atoms with van der Waals surface area (Å²) in [4.78, 5) is 33.9. The molecule has 2 saturated heterocycles. The summed E-state index contributed by atoms with van der Waals surface area (Å²) in [7, 11) is 0. The van der Waals surface area contributed by atoms with E-state index >= 15 is 0 Å². The molecule has 4 rings (SSSR count). The van der Waals surface area contributed by atoms with Crippen molar-refractivity contribution in [3.8, 4) is 6.07 Å². The molecule has 2 aliphatic heterocycles. The maximum absolute atomic E-state index is 13.6. The number of thioether (sulfide) groups is 1. The Balaban J connectivity index is 1.75. The van der Waals surface area contributed by atoms with Crippen molar-refractivity contribution in [2.45, 2.75) is 66.1 Å². The lowest BCUT2D eigenvalue weighted by molar-refractivity contribution is -0.123. The number of piperazine rings is 1. The van der Waals surface area contributed by atoms with Crippen LogP contribution in [0, 0.1) is 18.3 Å². The zero-order chi connectivity index (χ0) is 28.1. The second-order valence-electron chi connectivity index (χ2n) is 10.2. The predicted octanol–water partition coefficient (Wildman–Crippen LogP) is 5.15. The van der Waals surface area contributed by atoms with Crippen molar-refractivity contribution in [3.63, 3.8) is 0 Å². The van der Waals surface area contributed by atoms with E-state index in [1.165, 1.54) is 17.3 Å². The Hall–Kier alpha value is -2.93. The van der Waals surface area contributed by atoms with Crippen LogP contribution in [-0.4, -0.2) is 56.8 Å². The number of hydrogen-bond donors (Lipinski definition) is 0. The molecule has 3 heterocycles. The molecule has 2 aromatic rings. The van der Waals surface area contributed by atoms with E-state index in [4.69, 9.17) is 12.2 Å². The van der Waals surface area contributed by atoms with E-state index in [-0.39, 0.29) is 23.1 Å². The van der Waals surface area contributed by atoms with Crippen molar-refractivity contribution in [1.29, 1.82) is 5.26 Å². The highest BCUT2D eigenvalue weighted by Gasteiger charge is 2.36. The van der Waals surface area contributed by atoms with Crippen LogP contribution >= 0.6 is 24.0 Å². The number of carbonyl (C=O) groups is 1. The molecule has 9 heteroatoms. The average Bonchev–Trinajstić information content (AvgIpc) is 3.22. The zero-order valence-electron chi connectivity index (χ0n) is 23.3. The van der Waals surface area contributed by atoms with Crippen LogP contribution in [0.5, 0.6) is 0 Å². The van der Waals surface area contributed by atoms with Gasteiger partial charge in [-0.1, -0.05) is 74.6 Å². The van der Waals surface area contributed by atoms with Crippen LogP contribution in [0.2, 0.25) is 0 Å². The second-order valence-corrected chi connectivity index (χ2v) is 11.9.